The van der Waals surface area contributed by atoms with E-state index >= 15 is 0 Å². The molecule has 0 heterocycles. The van der Waals surface area contributed by atoms with Gasteiger partial charge in [-0.15, -0.1) is 0 Å². The molecule has 0 aliphatic heterocycles. The molecule has 7 nitrogen and oxygen atoms in total. The lowest BCUT2D eigenvalue weighted by Crippen LogP contribution is -2.23. The fraction of sp³-hybridized carbons (Fsp3) is 0.417. The van der Waals surface area contributed by atoms with Crippen LogP contribution in [0.5, 0.6) is 5.75 Å². The molecule has 0 saturated carbocycles. The molecule has 0 aromatic heterocycles. The Morgan fingerprint density at radius 2 is 1.71 bits per heavy atom. The highest BCUT2D eigenvalue weighted by Crippen LogP contribution is 2.32. The maximum atomic E-state index is 13.8. The van der Waals surface area contributed by atoms with Crippen LogP contribution in [-0.2, 0) is 30.4 Å². The molecule has 0 atom stereocenters. The summed E-state index contributed by atoms with van der Waals surface area (Å²) in [6, 6.07) is 3.17. The van der Waals surface area contributed by atoms with Gasteiger partial charge in [-0.3, -0.25) is 4.28 Å². The molecule has 1 aromatic rings. The van der Waals surface area contributed by atoms with E-state index in [-0.39, 0.29) is 12.2 Å². The molecule has 24 heavy (non-hydrogen) atoms. The van der Waals surface area contributed by atoms with E-state index in [2.05, 4.69) is 13.6 Å². The zero-order chi connectivity index (χ0) is 18.6. The molecule has 0 N–H and O–H groups in total. The van der Waals surface area contributed by atoms with Gasteiger partial charge in [0, 0.05) is 5.56 Å². The van der Waals surface area contributed by atoms with Gasteiger partial charge in [-0.25, -0.2) is 0 Å². The summed E-state index contributed by atoms with van der Waals surface area (Å²) < 4.78 is 93.6. The van der Waals surface area contributed by atoms with Crippen LogP contribution in [0.2, 0.25) is 0 Å². The van der Waals surface area contributed by atoms with E-state index in [1.807, 2.05) is 0 Å². The third kappa shape index (κ3) is 6.00. The third-order valence-corrected chi connectivity index (χ3v) is 4.11. The maximum absolute atomic E-state index is 13.8. The summed E-state index contributed by atoms with van der Waals surface area (Å²) in [6.45, 7) is 1.50. The van der Waals surface area contributed by atoms with Crippen molar-refractivity contribution in [2.75, 3.05) is 12.0 Å². The predicted octanol–water partition coefficient (Wildman–Crippen LogP) is 2.16. The lowest BCUT2D eigenvalue weighted by molar-refractivity contribution is 0.0597. The first kappa shape index (κ1) is 20.2. The number of alkyl halides is 2. The second-order valence-corrected chi connectivity index (χ2v) is 7.85. The Balaban J connectivity index is 2.98. The summed E-state index contributed by atoms with van der Waals surface area (Å²) in [6.07, 6.45) is 0.896. The Labute approximate surface area is 137 Å². The minimum Gasteiger partial charge on any atom is -0.383 e. The lowest BCUT2D eigenvalue weighted by Gasteiger charge is -2.13. The molecule has 0 bridgehead atoms. The molecule has 0 radical (unpaired) electrons. The molecule has 1 rings (SSSR count). The molecule has 12 heteroatoms. The van der Waals surface area contributed by atoms with Gasteiger partial charge in [-0.2, -0.15) is 30.0 Å². The Hall–Kier alpha value is -1.82. The number of hydrogen-bond acceptors (Lipinski definition) is 7. The van der Waals surface area contributed by atoms with Gasteiger partial charge in [0.2, 0.25) is 0 Å². The van der Waals surface area contributed by atoms with E-state index in [0.717, 1.165) is 18.4 Å². The van der Waals surface area contributed by atoms with Crippen LogP contribution in [0, 0.1) is 0 Å². The van der Waals surface area contributed by atoms with E-state index in [4.69, 9.17) is 0 Å². The Morgan fingerprint density at radius 3 is 2.17 bits per heavy atom. The molecule has 0 aliphatic carbocycles. The molecule has 1 aromatic carbocycles. The van der Waals surface area contributed by atoms with Crippen molar-refractivity contribution in [3.8, 4) is 5.75 Å². The van der Waals surface area contributed by atoms with E-state index in [0.29, 0.717) is 12.1 Å². The van der Waals surface area contributed by atoms with Gasteiger partial charge in [0.25, 0.3) is 0 Å². The molecular formula is C12H14F3NO6S2. The van der Waals surface area contributed by atoms with Crippen LogP contribution < -0.4 is 4.18 Å². The first-order valence-electron chi connectivity index (χ1n) is 6.40. The van der Waals surface area contributed by atoms with Gasteiger partial charge in [-0.1, -0.05) is 6.92 Å². The molecular weight excluding hydrogens is 375 g/mol. The molecule has 0 aliphatic rings. The van der Waals surface area contributed by atoms with E-state index in [9.17, 15) is 30.0 Å². The first-order chi connectivity index (χ1) is 10.9. The summed E-state index contributed by atoms with van der Waals surface area (Å²) in [4.78, 5) is 0. The van der Waals surface area contributed by atoms with Crippen molar-refractivity contribution in [2.45, 2.75) is 19.3 Å². The third-order valence-electron chi connectivity index (χ3n) is 2.41. The minimum absolute atomic E-state index is 0.137. The van der Waals surface area contributed by atoms with Gasteiger partial charge in [-0.05, 0) is 35.8 Å². The highest BCUT2D eigenvalue weighted by molar-refractivity contribution is 7.86. The fourth-order valence-corrected chi connectivity index (χ4v) is 2.66. The highest BCUT2D eigenvalue weighted by atomic mass is 32.2. The predicted molar refractivity (Wildman–Crippen MR) is 79.5 cm³/mol. The summed E-state index contributed by atoms with van der Waals surface area (Å²) in [7, 11) is -8.09. The SMILES string of the molecule is CCCS(=O)(=O)ON=C(F)C(F)(F)c1ccc(OS(C)(=O)=O)cc1. The Kier molecular flexibility index (Phi) is 6.22. The van der Waals surface area contributed by atoms with E-state index in [1.165, 1.54) is 6.92 Å². The first-order valence-corrected chi connectivity index (χ1v) is 9.80. The van der Waals surface area contributed by atoms with Gasteiger partial charge >= 0.3 is 32.1 Å². The largest absolute Gasteiger partial charge is 0.383 e. The average molecular weight is 389 g/mol. The molecule has 0 fully saturated rings. The molecule has 0 saturated heterocycles. The monoisotopic (exact) mass is 389 g/mol. The van der Waals surface area contributed by atoms with Crippen molar-refractivity contribution < 1.29 is 38.5 Å². The summed E-state index contributed by atoms with van der Waals surface area (Å²) >= 11 is 0. The van der Waals surface area contributed by atoms with Crippen LogP contribution in [-0.4, -0.2) is 34.8 Å². The van der Waals surface area contributed by atoms with Crippen molar-refractivity contribution in [3.05, 3.63) is 29.8 Å². The Morgan fingerprint density at radius 1 is 1.17 bits per heavy atom. The number of oxime groups is 1. The van der Waals surface area contributed by atoms with E-state index in [1.54, 1.807) is 0 Å². The molecule has 0 spiro atoms. The van der Waals surface area contributed by atoms with Gasteiger partial charge in [0.05, 0.1) is 12.0 Å². The van der Waals surface area contributed by atoms with Crippen LogP contribution in [0.25, 0.3) is 0 Å². The second-order valence-electron chi connectivity index (χ2n) is 4.60. The standard InChI is InChI=1S/C12H14F3NO6S2/c1-3-8-24(19,20)22-16-11(13)12(14,15)9-4-6-10(7-5-9)21-23(2,17)18/h4-7H,3,8H2,1-2H3. The van der Waals surface area contributed by atoms with Gasteiger partial charge in [0.15, 0.2) is 0 Å². The van der Waals surface area contributed by atoms with Gasteiger partial charge < -0.3 is 4.18 Å². The lowest BCUT2D eigenvalue weighted by atomic mass is 10.1. The zero-order valence-corrected chi connectivity index (χ0v) is 14.2. The van der Waals surface area contributed by atoms with E-state index < -0.39 is 43.4 Å². The zero-order valence-electron chi connectivity index (χ0n) is 12.6. The summed E-state index contributed by atoms with van der Waals surface area (Å²) in [5, 5.41) is 2.33. The van der Waals surface area contributed by atoms with Crippen LogP contribution in [0.1, 0.15) is 18.9 Å². The smallest absolute Gasteiger partial charge is 0.344 e. The quantitative estimate of drug-likeness (QED) is 0.384. The number of hydrogen-bond donors (Lipinski definition) is 0. The van der Waals surface area contributed by atoms with Gasteiger partial charge in [0.1, 0.15) is 5.75 Å². The molecule has 0 amide bonds. The molecule has 136 valence electrons. The molecule has 0 unspecified atom stereocenters. The average Bonchev–Trinajstić information content (AvgIpc) is 2.43. The summed E-state index contributed by atoms with van der Waals surface area (Å²) in [5.74, 6) is -7.40. The van der Waals surface area contributed by atoms with Crippen LogP contribution in [0.3, 0.4) is 0 Å². The number of nitrogens with zero attached hydrogens (tertiary/aromatic N) is 1. The van der Waals surface area contributed by atoms with Crippen molar-refractivity contribution in [2.24, 2.45) is 5.16 Å². The minimum atomic E-state index is -4.27. The fourth-order valence-electron chi connectivity index (χ4n) is 1.45. The van der Waals surface area contributed by atoms with Crippen LogP contribution >= 0.6 is 0 Å². The number of benzene rings is 1. The van der Waals surface area contributed by atoms with Crippen molar-refractivity contribution >= 4 is 26.2 Å². The normalized spacial score (nSPS) is 13.6. The van der Waals surface area contributed by atoms with Crippen LogP contribution in [0.4, 0.5) is 13.2 Å². The van der Waals surface area contributed by atoms with Crippen LogP contribution in [0.15, 0.2) is 29.4 Å². The Bertz CT molecular complexity index is 804. The number of rotatable bonds is 8. The highest BCUT2D eigenvalue weighted by Gasteiger charge is 2.40. The maximum Gasteiger partial charge on any atom is 0.344 e. The van der Waals surface area contributed by atoms with Crippen molar-refractivity contribution in [1.29, 1.82) is 0 Å². The second kappa shape index (κ2) is 7.38. The number of halogens is 3. The van der Waals surface area contributed by atoms with Crippen molar-refractivity contribution in [1.82, 2.24) is 0 Å². The topological polar surface area (TPSA) is 99.1 Å². The van der Waals surface area contributed by atoms with Crippen molar-refractivity contribution in [3.63, 3.8) is 0 Å². The summed E-state index contributed by atoms with van der Waals surface area (Å²) in [5.41, 5.74) is -0.902.